The van der Waals surface area contributed by atoms with Crippen LogP contribution < -0.4 is 5.32 Å². The van der Waals surface area contributed by atoms with E-state index in [0.717, 1.165) is 5.56 Å². The van der Waals surface area contributed by atoms with Crippen LogP contribution in [-0.4, -0.2) is 16.0 Å². The van der Waals surface area contributed by atoms with Gasteiger partial charge in [0.15, 0.2) is 0 Å². The summed E-state index contributed by atoms with van der Waals surface area (Å²) in [6.45, 7) is 1.81. The molecule has 2 N–H and O–H groups in total. The molecule has 108 valence electrons. The van der Waals surface area contributed by atoms with Gasteiger partial charge in [0.1, 0.15) is 11.3 Å². The summed E-state index contributed by atoms with van der Waals surface area (Å²) in [7, 11) is 0. The number of benzene rings is 2. The van der Waals surface area contributed by atoms with Crippen LogP contribution in [0.4, 0.5) is 17.1 Å². The molecule has 0 heterocycles. The normalized spacial score (nSPS) is 10.2. The smallest absolute Gasteiger partial charge is 0.342 e. The van der Waals surface area contributed by atoms with Crippen LogP contribution in [-0.2, 0) is 0 Å². The Bertz CT molecular complexity index is 731. The molecular formula is C14H11ClN2O4. The number of anilines is 2. The zero-order valence-electron chi connectivity index (χ0n) is 11.0. The number of aromatic carboxylic acids is 1. The number of hydrogen-bond acceptors (Lipinski definition) is 4. The van der Waals surface area contributed by atoms with E-state index in [1.807, 2.05) is 6.92 Å². The minimum Gasteiger partial charge on any atom is -0.477 e. The summed E-state index contributed by atoms with van der Waals surface area (Å²) in [5.41, 5.74) is 0.655. The lowest BCUT2D eigenvalue weighted by molar-refractivity contribution is -0.384. The van der Waals surface area contributed by atoms with Gasteiger partial charge in [-0.1, -0.05) is 23.7 Å². The summed E-state index contributed by atoms with van der Waals surface area (Å²) in [6, 6.07) is 9.16. The van der Waals surface area contributed by atoms with Crippen LogP contribution in [0, 0.1) is 17.0 Å². The Kier molecular flexibility index (Phi) is 4.09. The third-order valence-corrected chi connectivity index (χ3v) is 3.15. The van der Waals surface area contributed by atoms with Crippen molar-refractivity contribution >= 4 is 34.6 Å². The molecule has 2 aromatic rings. The van der Waals surface area contributed by atoms with Crippen molar-refractivity contribution in [2.24, 2.45) is 0 Å². The molecule has 21 heavy (non-hydrogen) atoms. The third-order valence-electron chi connectivity index (χ3n) is 2.92. The van der Waals surface area contributed by atoms with Gasteiger partial charge in [-0.3, -0.25) is 10.1 Å². The van der Waals surface area contributed by atoms with Crippen molar-refractivity contribution in [3.05, 3.63) is 62.7 Å². The number of hydrogen-bond donors (Lipinski definition) is 2. The van der Waals surface area contributed by atoms with Crippen LogP contribution >= 0.6 is 11.6 Å². The SMILES string of the molecule is Cc1ccc(Cl)cc1Nc1cccc(C(=O)O)c1[N+](=O)[O-]. The van der Waals surface area contributed by atoms with E-state index < -0.39 is 16.6 Å². The molecule has 0 bridgehead atoms. The first-order chi connectivity index (χ1) is 9.90. The fourth-order valence-electron chi connectivity index (χ4n) is 1.89. The number of rotatable bonds is 4. The van der Waals surface area contributed by atoms with Crippen molar-refractivity contribution in [2.75, 3.05) is 5.32 Å². The number of nitro groups is 1. The highest BCUT2D eigenvalue weighted by molar-refractivity contribution is 6.30. The van der Waals surface area contributed by atoms with Crippen LogP contribution in [0.25, 0.3) is 0 Å². The number of carboxylic acid groups (broad SMARTS) is 1. The summed E-state index contributed by atoms with van der Waals surface area (Å²) in [4.78, 5) is 21.5. The van der Waals surface area contributed by atoms with E-state index >= 15 is 0 Å². The zero-order valence-corrected chi connectivity index (χ0v) is 11.7. The number of para-hydroxylation sites is 1. The van der Waals surface area contributed by atoms with Crippen LogP contribution in [0.3, 0.4) is 0 Å². The van der Waals surface area contributed by atoms with E-state index in [9.17, 15) is 14.9 Å². The zero-order chi connectivity index (χ0) is 15.6. The fraction of sp³-hybridized carbons (Fsp3) is 0.0714. The summed E-state index contributed by atoms with van der Waals surface area (Å²) >= 11 is 5.90. The highest BCUT2D eigenvalue weighted by Crippen LogP contribution is 2.33. The van der Waals surface area contributed by atoms with Gasteiger partial charge in [0.25, 0.3) is 0 Å². The Labute approximate surface area is 125 Å². The standard InChI is InChI=1S/C14H11ClN2O4/c1-8-5-6-9(15)7-12(8)16-11-4-2-3-10(14(18)19)13(11)17(20)21/h2-7,16H,1H3,(H,18,19). The van der Waals surface area contributed by atoms with Crippen LogP contribution in [0.2, 0.25) is 5.02 Å². The first-order valence-electron chi connectivity index (χ1n) is 5.94. The Balaban J connectivity index is 2.54. The minimum atomic E-state index is -1.35. The third kappa shape index (κ3) is 3.11. The Morgan fingerprint density at radius 3 is 2.62 bits per heavy atom. The Morgan fingerprint density at radius 1 is 1.29 bits per heavy atom. The quantitative estimate of drug-likeness (QED) is 0.658. The average molecular weight is 307 g/mol. The fourth-order valence-corrected chi connectivity index (χ4v) is 2.06. The monoisotopic (exact) mass is 306 g/mol. The number of halogens is 1. The lowest BCUT2D eigenvalue weighted by atomic mass is 10.1. The molecule has 7 heteroatoms. The van der Waals surface area contributed by atoms with Crippen LogP contribution in [0.1, 0.15) is 15.9 Å². The summed E-state index contributed by atoms with van der Waals surface area (Å²) in [6.07, 6.45) is 0. The number of carbonyl (C=O) groups is 1. The van der Waals surface area contributed by atoms with Gasteiger partial charge >= 0.3 is 11.7 Å². The van der Waals surface area contributed by atoms with E-state index in [1.54, 1.807) is 18.2 Å². The first-order valence-corrected chi connectivity index (χ1v) is 6.32. The Hall–Kier alpha value is -2.60. The molecule has 0 saturated heterocycles. The molecule has 2 rings (SSSR count). The van der Waals surface area contributed by atoms with Gasteiger partial charge < -0.3 is 10.4 Å². The van der Waals surface area contributed by atoms with Gasteiger partial charge in [-0.05, 0) is 36.8 Å². The number of carboxylic acids is 1. The average Bonchev–Trinajstić information content (AvgIpc) is 2.42. The van der Waals surface area contributed by atoms with Gasteiger partial charge in [0, 0.05) is 10.7 Å². The van der Waals surface area contributed by atoms with Crippen molar-refractivity contribution in [3.8, 4) is 0 Å². The lowest BCUT2D eigenvalue weighted by Gasteiger charge is -2.11. The topological polar surface area (TPSA) is 92.5 Å². The second-order valence-electron chi connectivity index (χ2n) is 4.35. The van der Waals surface area contributed by atoms with Gasteiger partial charge in [0.05, 0.1) is 4.92 Å². The molecular weight excluding hydrogens is 296 g/mol. The first kappa shape index (κ1) is 14.8. The molecule has 6 nitrogen and oxygen atoms in total. The molecule has 0 aliphatic carbocycles. The highest BCUT2D eigenvalue weighted by atomic mass is 35.5. The molecule has 0 unspecified atom stereocenters. The second-order valence-corrected chi connectivity index (χ2v) is 4.78. The van der Waals surface area contributed by atoms with E-state index in [0.29, 0.717) is 10.7 Å². The van der Waals surface area contributed by atoms with Gasteiger partial charge in [-0.2, -0.15) is 0 Å². The molecule has 0 aliphatic rings. The molecule has 0 aromatic heterocycles. The number of nitrogens with one attached hydrogen (secondary N) is 1. The van der Waals surface area contributed by atoms with E-state index in [1.165, 1.54) is 18.2 Å². The van der Waals surface area contributed by atoms with Crippen molar-refractivity contribution in [3.63, 3.8) is 0 Å². The van der Waals surface area contributed by atoms with Gasteiger partial charge in [-0.15, -0.1) is 0 Å². The number of nitrogens with zero attached hydrogens (tertiary/aromatic N) is 1. The van der Waals surface area contributed by atoms with Crippen molar-refractivity contribution < 1.29 is 14.8 Å². The molecule has 0 aliphatic heterocycles. The second kappa shape index (κ2) is 5.80. The number of aryl methyl sites for hydroxylation is 1. The molecule has 2 aromatic carbocycles. The van der Waals surface area contributed by atoms with Crippen molar-refractivity contribution in [2.45, 2.75) is 6.92 Å². The molecule has 0 fully saturated rings. The predicted octanol–water partition coefficient (Wildman–Crippen LogP) is 4.00. The molecule has 0 radical (unpaired) electrons. The maximum absolute atomic E-state index is 11.2. The summed E-state index contributed by atoms with van der Waals surface area (Å²) in [5.74, 6) is -1.35. The maximum Gasteiger partial charge on any atom is 0.342 e. The lowest BCUT2D eigenvalue weighted by Crippen LogP contribution is -2.06. The Morgan fingerprint density at radius 2 is 2.00 bits per heavy atom. The maximum atomic E-state index is 11.2. The van der Waals surface area contributed by atoms with Crippen molar-refractivity contribution in [1.29, 1.82) is 0 Å². The van der Waals surface area contributed by atoms with Gasteiger partial charge in [-0.25, -0.2) is 4.79 Å². The van der Waals surface area contributed by atoms with E-state index in [4.69, 9.17) is 16.7 Å². The van der Waals surface area contributed by atoms with Crippen molar-refractivity contribution in [1.82, 2.24) is 0 Å². The molecule has 0 saturated carbocycles. The molecule has 0 spiro atoms. The largest absolute Gasteiger partial charge is 0.477 e. The summed E-state index contributed by atoms with van der Waals surface area (Å²) < 4.78 is 0. The summed E-state index contributed by atoms with van der Waals surface area (Å²) in [5, 5.41) is 23.6. The van der Waals surface area contributed by atoms with E-state index in [-0.39, 0.29) is 11.3 Å². The minimum absolute atomic E-state index is 0.102. The van der Waals surface area contributed by atoms with Crippen LogP contribution in [0.5, 0.6) is 0 Å². The van der Waals surface area contributed by atoms with Crippen LogP contribution in [0.15, 0.2) is 36.4 Å². The molecule has 0 amide bonds. The van der Waals surface area contributed by atoms with Gasteiger partial charge in [0.2, 0.25) is 0 Å². The number of nitro benzene ring substituents is 1. The highest BCUT2D eigenvalue weighted by Gasteiger charge is 2.24. The molecule has 0 atom stereocenters. The predicted molar refractivity (Wildman–Crippen MR) is 79.5 cm³/mol. The van der Waals surface area contributed by atoms with E-state index in [2.05, 4.69) is 5.32 Å².